The first-order valence-electron chi connectivity index (χ1n) is 12.1. The fraction of sp³-hybridized carbons (Fsp3) is 0.704. The van der Waals surface area contributed by atoms with Crippen molar-refractivity contribution in [2.45, 2.75) is 89.9 Å². The second kappa shape index (κ2) is 9.59. The summed E-state index contributed by atoms with van der Waals surface area (Å²) in [4.78, 5) is 0. The summed E-state index contributed by atoms with van der Waals surface area (Å²) in [6.45, 7) is 2.14. The molecule has 1 aromatic rings. The van der Waals surface area contributed by atoms with Crippen molar-refractivity contribution in [2.75, 3.05) is 0 Å². The molecule has 0 amide bonds. The summed E-state index contributed by atoms with van der Waals surface area (Å²) >= 11 is 0. The van der Waals surface area contributed by atoms with E-state index in [1.807, 2.05) is 12.1 Å². The first kappa shape index (κ1) is 20.2. The molecule has 0 heterocycles. The Balaban J connectivity index is 1.24. The summed E-state index contributed by atoms with van der Waals surface area (Å²) in [5, 5.41) is 0. The summed E-state index contributed by atoms with van der Waals surface area (Å²) in [5.74, 6) is 5.59. The molecule has 28 heavy (non-hydrogen) atoms. The minimum atomic E-state index is -0.106. The number of allylic oxidation sites excluding steroid dienone is 2. The smallest absolute Gasteiger partial charge is 0.123 e. The van der Waals surface area contributed by atoms with Crippen LogP contribution >= 0.6 is 0 Å². The molecule has 1 heteroatoms. The third-order valence-electron chi connectivity index (χ3n) is 8.52. The number of fused-ring (bicyclic) bond motifs is 1. The van der Waals surface area contributed by atoms with Gasteiger partial charge in [-0.15, -0.1) is 0 Å². The molecule has 4 atom stereocenters. The first-order valence-corrected chi connectivity index (χ1v) is 12.1. The van der Waals surface area contributed by atoms with Gasteiger partial charge in [0.2, 0.25) is 0 Å². The standard InChI is InChI=1S/C27H39F/c1-2-3-4-5-20-6-7-26-19-25(13-12-24(26)18-20)23-10-8-21(9-11-23)22-14-16-27(28)17-15-22/h2-3,14-17,20-21,23-26H,4-13,18-19H2,1H3/b3-2+. The van der Waals surface area contributed by atoms with E-state index in [0.717, 1.165) is 29.6 Å². The molecule has 0 saturated heterocycles. The number of rotatable bonds is 5. The van der Waals surface area contributed by atoms with Crippen molar-refractivity contribution in [1.29, 1.82) is 0 Å². The molecule has 0 nitrogen and oxygen atoms in total. The van der Waals surface area contributed by atoms with Crippen LogP contribution < -0.4 is 0 Å². The Morgan fingerprint density at radius 1 is 0.786 bits per heavy atom. The van der Waals surface area contributed by atoms with Gasteiger partial charge >= 0.3 is 0 Å². The Labute approximate surface area is 172 Å². The summed E-state index contributed by atoms with van der Waals surface area (Å²) in [6.07, 6.45) is 21.7. The van der Waals surface area contributed by atoms with Crippen molar-refractivity contribution in [3.63, 3.8) is 0 Å². The van der Waals surface area contributed by atoms with E-state index in [1.165, 1.54) is 82.6 Å². The van der Waals surface area contributed by atoms with E-state index in [1.54, 1.807) is 12.1 Å². The van der Waals surface area contributed by atoms with Gasteiger partial charge in [-0.05, 0) is 131 Å². The van der Waals surface area contributed by atoms with E-state index in [4.69, 9.17) is 0 Å². The van der Waals surface area contributed by atoms with Crippen LogP contribution in [0.5, 0.6) is 0 Å². The van der Waals surface area contributed by atoms with Gasteiger partial charge in [0.15, 0.2) is 0 Å². The predicted molar refractivity (Wildman–Crippen MR) is 117 cm³/mol. The molecule has 0 spiro atoms. The van der Waals surface area contributed by atoms with Gasteiger partial charge in [0.1, 0.15) is 5.82 Å². The SMILES string of the molecule is C/C=C/CCC1CCC2CC(C3CCC(c4ccc(F)cc4)CC3)CCC2C1. The summed E-state index contributed by atoms with van der Waals surface area (Å²) in [6, 6.07) is 7.30. The highest BCUT2D eigenvalue weighted by molar-refractivity contribution is 5.21. The number of halogens is 1. The Hall–Kier alpha value is -1.11. The van der Waals surface area contributed by atoms with Crippen LogP contribution in [-0.2, 0) is 0 Å². The molecule has 3 aliphatic rings. The van der Waals surface area contributed by atoms with E-state index < -0.39 is 0 Å². The average molecular weight is 383 g/mol. The van der Waals surface area contributed by atoms with Crippen molar-refractivity contribution >= 4 is 0 Å². The van der Waals surface area contributed by atoms with Crippen LogP contribution in [0.1, 0.15) is 95.5 Å². The van der Waals surface area contributed by atoms with Crippen molar-refractivity contribution in [1.82, 2.24) is 0 Å². The topological polar surface area (TPSA) is 0 Å². The third kappa shape index (κ3) is 4.89. The summed E-state index contributed by atoms with van der Waals surface area (Å²) in [7, 11) is 0. The molecule has 0 N–H and O–H groups in total. The van der Waals surface area contributed by atoms with Crippen LogP contribution in [0.4, 0.5) is 4.39 Å². The molecule has 154 valence electrons. The molecule has 0 bridgehead atoms. The molecule has 4 unspecified atom stereocenters. The third-order valence-corrected chi connectivity index (χ3v) is 8.52. The van der Waals surface area contributed by atoms with Crippen molar-refractivity contribution in [3.8, 4) is 0 Å². The molecule has 3 aliphatic carbocycles. The highest BCUT2D eigenvalue weighted by Gasteiger charge is 2.38. The Bertz CT molecular complexity index is 622. The van der Waals surface area contributed by atoms with E-state index in [-0.39, 0.29) is 5.82 Å². The van der Waals surface area contributed by atoms with Crippen molar-refractivity contribution in [3.05, 3.63) is 47.8 Å². The van der Waals surface area contributed by atoms with Crippen LogP contribution in [0.25, 0.3) is 0 Å². The number of benzene rings is 1. The van der Waals surface area contributed by atoms with E-state index in [2.05, 4.69) is 19.1 Å². The van der Waals surface area contributed by atoms with Gasteiger partial charge in [0.05, 0.1) is 0 Å². The lowest BCUT2D eigenvalue weighted by atomic mass is 9.60. The number of hydrogen-bond donors (Lipinski definition) is 0. The number of hydrogen-bond acceptors (Lipinski definition) is 0. The molecular formula is C27H39F. The monoisotopic (exact) mass is 382 g/mol. The van der Waals surface area contributed by atoms with Crippen LogP contribution in [0.15, 0.2) is 36.4 Å². The highest BCUT2D eigenvalue weighted by atomic mass is 19.1. The van der Waals surface area contributed by atoms with E-state index >= 15 is 0 Å². The van der Waals surface area contributed by atoms with E-state index in [9.17, 15) is 4.39 Å². The van der Waals surface area contributed by atoms with E-state index in [0.29, 0.717) is 5.92 Å². The lowest BCUT2D eigenvalue weighted by molar-refractivity contribution is 0.0621. The van der Waals surface area contributed by atoms with Gasteiger partial charge in [0.25, 0.3) is 0 Å². The Morgan fingerprint density at radius 2 is 1.39 bits per heavy atom. The quantitative estimate of drug-likeness (QED) is 0.449. The maximum atomic E-state index is 13.2. The zero-order chi connectivity index (χ0) is 19.3. The molecule has 0 aromatic heterocycles. The van der Waals surface area contributed by atoms with Gasteiger partial charge < -0.3 is 0 Å². The average Bonchev–Trinajstić information content (AvgIpc) is 2.74. The van der Waals surface area contributed by atoms with Gasteiger partial charge in [-0.2, -0.15) is 0 Å². The van der Waals surface area contributed by atoms with Gasteiger partial charge in [0, 0.05) is 0 Å². The Kier molecular flexibility index (Phi) is 6.91. The van der Waals surface area contributed by atoms with Crippen molar-refractivity contribution in [2.24, 2.45) is 29.6 Å². The fourth-order valence-corrected chi connectivity index (χ4v) is 6.87. The Morgan fingerprint density at radius 3 is 2.11 bits per heavy atom. The molecule has 1 aromatic carbocycles. The summed E-state index contributed by atoms with van der Waals surface area (Å²) in [5.41, 5.74) is 1.36. The first-order chi connectivity index (χ1) is 13.7. The normalized spacial score (nSPS) is 36.4. The minimum Gasteiger partial charge on any atom is -0.207 e. The molecule has 0 aliphatic heterocycles. The van der Waals surface area contributed by atoms with Gasteiger partial charge in [-0.25, -0.2) is 4.39 Å². The zero-order valence-electron chi connectivity index (χ0n) is 17.8. The zero-order valence-corrected chi connectivity index (χ0v) is 17.8. The minimum absolute atomic E-state index is 0.106. The highest BCUT2D eigenvalue weighted by Crippen LogP contribution is 2.50. The largest absolute Gasteiger partial charge is 0.207 e. The maximum absolute atomic E-state index is 13.2. The van der Waals surface area contributed by atoms with Crippen molar-refractivity contribution < 1.29 is 4.39 Å². The maximum Gasteiger partial charge on any atom is 0.123 e. The van der Waals surface area contributed by atoms with Gasteiger partial charge in [-0.3, -0.25) is 0 Å². The molecule has 3 fully saturated rings. The molecule has 3 saturated carbocycles. The molecule has 0 radical (unpaired) electrons. The molecular weight excluding hydrogens is 343 g/mol. The van der Waals surface area contributed by atoms with Crippen LogP contribution in [0.2, 0.25) is 0 Å². The lowest BCUT2D eigenvalue weighted by Gasteiger charge is -2.45. The van der Waals surface area contributed by atoms with Gasteiger partial charge in [-0.1, -0.05) is 30.7 Å². The predicted octanol–water partition coefficient (Wildman–Crippen LogP) is 8.29. The second-order valence-electron chi connectivity index (χ2n) is 10.1. The molecule has 4 rings (SSSR count). The van der Waals surface area contributed by atoms with Crippen LogP contribution in [0, 0.1) is 35.4 Å². The summed E-state index contributed by atoms with van der Waals surface area (Å²) < 4.78 is 13.2. The lowest BCUT2D eigenvalue weighted by Crippen LogP contribution is -2.34. The fourth-order valence-electron chi connectivity index (χ4n) is 6.87. The van der Waals surface area contributed by atoms with Crippen LogP contribution in [0.3, 0.4) is 0 Å². The van der Waals surface area contributed by atoms with Crippen LogP contribution in [-0.4, -0.2) is 0 Å². The second-order valence-corrected chi connectivity index (χ2v) is 10.1.